The fourth-order valence-corrected chi connectivity index (χ4v) is 2.71. The Hall–Kier alpha value is -1.90. The van der Waals surface area contributed by atoms with Crippen LogP contribution >= 0.6 is 11.6 Å². The second-order valence-corrected chi connectivity index (χ2v) is 5.66. The minimum Gasteiger partial charge on any atom is -0.384 e. The van der Waals surface area contributed by atoms with E-state index in [9.17, 15) is 5.11 Å². The number of aliphatic hydroxyl groups excluding tert-OH is 1. The number of hydrogen-bond acceptors (Lipinski definition) is 2. The number of aliphatic hydroxyl groups is 1. The molecule has 106 valence electrons. The molecular formula is C18H16ClNO. The zero-order valence-electron chi connectivity index (χ0n) is 12.0. The first-order valence-electron chi connectivity index (χ1n) is 6.86. The van der Waals surface area contributed by atoms with Crippen LogP contribution in [0.3, 0.4) is 0 Å². The molecule has 2 nitrogen and oxygen atoms in total. The topological polar surface area (TPSA) is 33.1 Å². The van der Waals surface area contributed by atoms with Crippen LogP contribution in [0.25, 0.3) is 10.9 Å². The number of aryl methyl sites for hydroxylation is 2. The lowest BCUT2D eigenvalue weighted by molar-refractivity contribution is 0.220. The van der Waals surface area contributed by atoms with Gasteiger partial charge in [0.15, 0.2) is 0 Å². The summed E-state index contributed by atoms with van der Waals surface area (Å²) in [7, 11) is 0. The number of hydrogen-bond donors (Lipinski definition) is 1. The molecule has 0 saturated carbocycles. The van der Waals surface area contributed by atoms with Crippen LogP contribution in [0.5, 0.6) is 0 Å². The van der Waals surface area contributed by atoms with Crippen LogP contribution in [0.2, 0.25) is 5.02 Å². The molecule has 1 unspecified atom stereocenters. The van der Waals surface area contributed by atoms with Gasteiger partial charge in [0.2, 0.25) is 0 Å². The molecule has 1 heterocycles. The van der Waals surface area contributed by atoms with E-state index in [2.05, 4.69) is 4.98 Å². The molecule has 0 aliphatic heterocycles. The first-order valence-corrected chi connectivity index (χ1v) is 7.24. The van der Waals surface area contributed by atoms with Crippen LogP contribution in [0.4, 0.5) is 0 Å². The summed E-state index contributed by atoms with van der Waals surface area (Å²) in [6.07, 6.45) is -0.733. The molecule has 0 amide bonds. The zero-order chi connectivity index (χ0) is 15.0. The largest absolute Gasteiger partial charge is 0.384 e. The zero-order valence-corrected chi connectivity index (χ0v) is 12.7. The Morgan fingerprint density at radius 2 is 1.86 bits per heavy atom. The highest BCUT2D eigenvalue weighted by Crippen LogP contribution is 2.31. The van der Waals surface area contributed by atoms with E-state index in [-0.39, 0.29) is 0 Å². The van der Waals surface area contributed by atoms with E-state index < -0.39 is 6.10 Å². The maximum absolute atomic E-state index is 10.6. The van der Waals surface area contributed by atoms with Gasteiger partial charge >= 0.3 is 0 Å². The van der Waals surface area contributed by atoms with E-state index in [0.29, 0.717) is 5.02 Å². The molecular weight excluding hydrogens is 282 g/mol. The van der Waals surface area contributed by atoms with Gasteiger partial charge in [0.05, 0.1) is 5.52 Å². The summed E-state index contributed by atoms with van der Waals surface area (Å²) in [6, 6.07) is 15.5. The van der Waals surface area contributed by atoms with Crippen molar-refractivity contribution in [1.82, 2.24) is 4.98 Å². The maximum atomic E-state index is 10.6. The van der Waals surface area contributed by atoms with Gasteiger partial charge in [-0.25, -0.2) is 0 Å². The van der Waals surface area contributed by atoms with E-state index in [1.807, 2.05) is 62.4 Å². The van der Waals surface area contributed by atoms with Crippen LogP contribution < -0.4 is 0 Å². The van der Waals surface area contributed by atoms with Crippen molar-refractivity contribution in [1.29, 1.82) is 0 Å². The molecule has 3 aromatic rings. The molecule has 0 aliphatic rings. The molecule has 1 atom stereocenters. The quantitative estimate of drug-likeness (QED) is 0.750. The van der Waals surface area contributed by atoms with E-state index in [0.717, 1.165) is 33.3 Å². The van der Waals surface area contributed by atoms with Crippen molar-refractivity contribution in [2.45, 2.75) is 20.0 Å². The van der Waals surface area contributed by atoms with Crippen LogP contribution in [-0.4, -0.2) is 10.1 Å². The van der Waals surface area contributed by atoms with Gasteiger partial charge in [0.1, 0.15) is 6.10 Å². The molecule has 3 heteroatoms. The molecule has 1 aromatic heterocycles. The van der Waals surface area contributed by atoms with Crippen molar-refractivity contribution in [3.63, 3.8) is 0 Å². The van der Waals surface area contributed by atoms with Crippen LogP contribution in [-0.2, 0) is 0 Å². The standard InChI is InChI=1S/C18H16ClNO/c1-11-4-3-5-15(17(11)19)18(21)14-8-9-16-13(10-14)7-6-12(2)20-16/h3-10,18,21H,1-2H3. The van der Waals surface area contributed by atoms with E-state index in [4.69, 9.17) is 11.6 Å². The van der Waals surface area contributed by atoms with Gasteiger partial charge in [-0.05, 0) is 43.2 Å². The third-order valence-electron chi connectivity index (χ3n) is 3.68. The molecule has 2 aromatic carbocycles. The Kier molecular flexibility index (Phi) is 3.66. The first kappa shape index (κ1) is 14.1. The molecule has 3 rings (SSSR count). The second-order valence-electron chi connectivity index (χ2n) is 5.29. The summed E-state index contributed by atoms with van der Waals surface area (Å²) in [5.74, 6) is 0. The van der Waals surface area contributed by atoms with Gasteiger partial charge in [-0.15, -0.1) is 0 Å². The van der Waals surface area contributed by atoms with E-state index in [1.54, 1.807) is 0 Å². The fourth-order valence-electron chi connectivity index (χ4n) is 2.48. The lowest BCUT2D eigenvalue weighted by Gasteiger charge is -2.15. The summed E-state index contributed by atoms with van der Waals surface area (Å²) in [5.41, 5.74) is 4.43. The fraction of sp³-hybridized carbons (Fsp3) is 0.167. The summed E-state index contributed by atoms with van der Waals surface area (Å²) < 4.78 is 0. The SMILES string of the molecule is Cc1ccc2cc(C(O)c3cccc(C)c3Cl)ccc2n1. The number of benzene rings is 2. The van der Waals surface area contributed by atoms with Gasteiger partial charge in [0.25, 0.3) is 0 Å². The predicted octanol–water partition coefficient (Wildman–Crippen LogP) is 4.59. The average Bonchev–Trinajstić information content (AvgIpc) is 2.49. The highest BCUT2D eigenvalue weighted by molar-refractivity contribution is 6.32. The van der Waals surface area contributed by atoms with Crippen molar-refractivity contribution in [2.75, 3.05) is 0 Å². The Bertz CT molecular complexity index is 813. The highest BCUT2D eigenvalue weighted by atomic mass is 35.5. The second kappa shape index (κ2) is 5.47. The minimum absolute atomic E-state index is 0.618. The molecule has 0 saturated heterocycles. The third-order valence-corrected chi connectivity index (χ3v) is 4.20. The number of rotatable bonds is 2. The lowest BCUT2D eigenvalue weighted by Crippen LogP contribution is -2.01. The van der Waals surface area contributed by atoms with Crippen molar-refractivity contribution in [3.8, 4) is 0 Å². The molecule has 0 aliphatic carbocycles. The summed E-state index contributed by atoms with van der Waals surface area (Å²) in [5, 5.41) is 12.2. The number of halogens is 1. The Morgan fingerprint density at radius 3 is 2.67 bits per heavy atom. The van der Waals surface area contributed by atoms with Crippen molar-refractivity contribution >= 4 is 22.5 Å². The lowest BCUT2D eigenvalue weighted by atomic mass is 9.98. The van der Waals surface area contributed by atoms with Crippen molar-refractivity contribution < 1.29 is 5.11 Å². The highest BCUT2D eigenvalue weighted by Gasteiger charge is 2.15. The smallest absolute Gasteiger partial charge is 0.106 e. The molecule has 1 N–H and O–H groups in total. The summed E-state index contributed by atoms with van der Waals surface area (Å²) >= 11 is 6.30. The molecule has 0 bridgehead atoms. The summed E-state index contributed by atoms with van der Waals surface area (Å²) in [6.45, 7) is 3.90. The molecule has 21 heavy (non-hydrogen) atoms. The Morgan fingerprint density at radius 1 is 1.05 bits per heavy atom. The molecule has 0 radical (unpaired) electrons. The van der Waals surface area contributed by atoms with E-state index in [1.165, 1.54) is 0 Å². The van der Waals surface area contributed by atoms with Crippen molar-refractivity contribution in [2.24, 2.45) is 0 Å². The van der Waals surface area contributed by atoms with Gasteiger partial charge in [-0.1, -0.05) is 41.9 Å². The third kappa shape index (κ3) is 2.65. The van der Waals surface area contributed by atoms with Crippen LogP contribution in [0.1, 0.15) is 28.5 Å². The number of aromatic nitrogens is 1. The summed E-state index contributed by atoms with van der Waals surface area (Å²) in [4.78, 5) is 4.47. The average molecular weight is 298 g/mol. The molecule has 0 fully saturated rings. The monoisotopic (exact) mass is 297 g/mol. The van der Waals surface area contributed by atoms with Crippen LogP contribution in [0, 0.1) is 13.8 Å². The Balaban J connectivity index is 2.07. The number of pyridine rings is 1. The number of fused-ring (bicyclic) bond motifs is 1. The number of nitrogens with zero attached hydrogens (tertiary/aromatic N) is 1. The maximum Gasteiger partial charge on any atom is 0.106 e. The van der Waals surface area contributed by atoms with Crippen LogP contribution in [0.15, 0.2) is 48.5 Å². The van der Waals surface area contributed by atoms with Gasteiger partial charge in [-0.2, -0.15) is 0 Å². The van der Waals surface area contributed by atoms with Crippen molar-refractivity contribution in [3.05, 3.63) is 75.9 Å². The normalized spacial score (nSPS) is 12.6. The predicted molar refractivity (Wildman–Crippen MR) is 86.7 cm³/mol. The molecule has 0 spiro atoms. The first-order chi connectivity index (χ1) is 10.1. The van der Waals surface area contributed by atoms with Gasteiger partial charge in [-0.3, -0.25) is 4.98 Å². The van der Waals surface area contributed by atoms with Gasteiger partial charge < -0.3 is 5.11 Å². The van der Waals surface area contributed by atoms with E-state index >= 15 is 0 Å². The van der Waals surface area contributed by atoms with Gasteiger partial charge in [0, 0.05) is 21.7 Å². The Labute approximate surface area is 129 Å². The minimum atomic E-state index is -0.733.